The summed E-state index contributed by atoms with van der Waals surface area (Å²) in [5.41, 5.74) is 1.07. The average molecular weight is 300 g/mol. The van der Waals surface area contributed by atoms with E-state index in [1.165, 1.54) is 8.66 Å². The zero-order chi connectivity index (χ0) is 11.5. The second-order valence-electron chi connectivity index (χ2n) is 3.59. The van der Waals surface area contributed by atoms with E-state index in [2.05, 4.69) is 52.3 Å². The molecule has 0 bridgehead atoms. The van der Waals surface area contributed by atoms with Crippen LogP contribution in [0.3, 0.4) is 0 Å². The molecule has 0 aliphatic rings. The van der Waals surface area contributed by atoms with Gasteiger partial charge in [0, 0.05) is 17.6 Å². The van der Waals surface area contributed by atoms with Gasteiger partial charge in [-0.1, -0.05) is 0 Å². The monoisotopic (exact) mass is 299 g/mol. The Morgan fingerprint density at radius 2 is 2.38 bits per heavy atom. The fourth-order valence-electron chi connectivity index (χ4n) is 1.49. The SMILES string of the molecule is CCn1cc(NC(C)c2ccc(Br)s2)cn1. The average Bonchev–Trinajstić information content (AvgIpc) is 2.87. The van der Waals surface area contributed by atoms with Crippen molar-refractivity contribution in [2.75, 3.05) is 5.32 Å². The van der Waals surface area contributed by atoms with Crippen LogP contribution < -0.4 is 5.32 Å². The second-order valence-corrected chi connectivity index (χ2v) is 6.09. The van der Waals surface area contributed by atoms with Gasteiger partial charge in [-0.2, -0.15) is 5.10 Å². The summed E-state index contributed by atoms with van der Waals surface area (Å²) in [6.45, 7) is 5.14. The minimum absolute atomic E-state index is 0.311. The molecule has 0 aromatic carbocycles. The summed E-state index contributed by atoms with van der Waals surface area (Å²) >= 11 is 5.23. The van der Waals surface area contributed by atoms with Crippen LogP contribution in [0.25, 0.3) is 0 Å². The Balaban J connectivity index is 2.04. The highest BCUT2D eigenvalue weighted by Gasteiger charge is 2.08. The number of thiophene rings is 1. The van der Waals surface area contributed by atoms with Crippen molar-refractivity contribution in [2.24, 2.45) is 0 Å². The van der Waals surface area contributed by atoms with Gasteiger partial charge in [0.25, 0.3) is 0 Å². The van der Waals surface area contributed by atoms with Crippen LogP contribution in [0.2, 0.25) is 0 Å². The first-order chi connectivity index (χ1) is 7.69. The van der Waals surface area contributed by atoms with E-state index in [1.54, 1.807) is 11.3 Å². The van der Waals surface area contributed by atoms with Crippen LogP contribution in [-0.4, -0.2) is 9.78 Å². The maximum atomic E-state index is 4.23. The predicted octanol–water partition coefficient (Wildman–Crippen LogP) is 3.90. The molecule has 0 aliphatic carbocycles. The summed E-state index contributed by atoms with van der Waals surface area (Å²) in [4.78, 5) is 1.32. The quantitative estimate of drug-likeness (QED) is 0.928. The Bertz CT molecular complexity index is 463. The molecular weight excluding hydrogens is 286 g/mol. The van der Waals surface area contributed by atoms with Gasteiger partial charge in [0.1, 0.15) is 0 Å². The van der Waals surface area contributed by atoms with E-state index in [0.717, 1.165) is 12.2 Å². The van der Waals surface area contributed by atoms with Crippen molar-refractivity contribution in [2.45, 2.75) is 26.4 Å². The molecule has 2 heterocycles. The zero-order valence-electron chi connectivity index (χ0n) is 9.27. The van der Waals surface area contributed by atoms with Crippen molar-refractivity contribution in [1.82, 2.24) is 9.78 Å². The minimum atomic E-state index is 0.311. The number of halogens is 1. The van der Waals surface area contributed by atoms with Gasteiger partial charge >= 0.3 is 0 Å². The van der Waals surface area contributed by atoms with Crippen LogP contribution in [0.4, 0.5) is 5.69 Å². The summed E-state index contributed by atoms with van der Waals surface area (Å²) in [7, 11) is 0. The van der Waals surface area contributed by atoms with Gasteiger partial charge < -0.3 is 5.32 Å². The van der Waals surface area contributed by atoms with E-state index in [9.17, 15) is 0 Å². The summed E-state index contributed by atoms with van der Waals surface area (Å²) in [6.07, 6.45) is 3.89. The van der Waals surface area contributed by atoms with Crippen molar-refractivity contribution in [3.05, 3.63) is 33.2 Å². The van der Waals surface area contributed by atoms with Crippen LogP contribution in [0.15, 0.2) is 28.3 Å². The molecule has 0 fully saturated rings. The van der Waals surface area contributed by atoms with E-state index in [4.69, 9.17) is 0 Å². The van der Waals surface area contributed by atoms with Crippen LogP contribution in [0.1, 0.15) is 24.8 Å². The van der Waals surface area contributed by atoms with Crippen molar-refractivity contribution in [1.29, 1.82) is 0 Å². The first-order valence-electron chi connectivity index (χ1n) is 5.23. The molecule has 3 nitrogen and oxygen atoms in total. The molecule has 1 N–H and O–H groups in total. The van der Waals surface area contributed by atoms with Gasteiger partial charge in [-0.05, 0) is 41.9 Å². The summed E-state index contributed by atoms with van der Waals surface area (Å²) in [5, 5.41) is 7.67. The molecular formula is C11H14BrN3S. The molecule has 0 saturated heterocycles. The molecule has 1 atom stereocenters. The fourth-order valence-corrected chi connectivity index (χ4v) is 2.92. The van der Waals surface area contributed by atoms with Gasteiger partial charge in [-0.25, -0.2) is 0 Å². The van der Waals surface area contributed by atoms with Gasteiger partial charge in [-0.3, -0.25) is 4.68 Å². The number of hydrogen-bond acceptors (Lipinski definition) is 3. The predicted molar refractivity (Wildman–Crippen MR) is 72.0 cm³/mol. The van der Waals surface area contributed by atoms with Crippen LogP contribution in [0.5, 0.6) is 0 Å². The number of nitrogens with zero attached hydrogens (tertiary/aromatic N) is 2. The molecule has 1 unspecified atom stereocenters. The van der Waals surface area contributed by atoms with E-state index >= 15 is 0 Å². The second kappa shape index (κ2) is 5.01. The molecule has 2 rings (SSSR count). The number of aromatic nitrogens is 2. The highest BCUT2D eigenvalue weighted by Crippen LogP contribution is 2.29. The maximum Gasteiger partial charge on any atom is 0.0731 e. The van der Waals surface area contributed by atoms with Gasteiger partial charge in [0.05, 0.1) is 21.7 Å². The number of anilines is 1. The summed E-state index contributed by atoms with van der Waals surface area (Å²) in [5.74, 6) is 0. The maximum absolute atomic E-state index is 4.23. The zero-order valence-corrected chi connectivity index (χ0v) is 11.7. The molecule has 2 aromatic rings. The molecule has 5 heteroatoms. The fraction of sp³-hybridized carbons (Fsp3) is 0.364. The van der Waals surface area contributed by atoms with E-state index in [-0.39, 0.29) is 0 Å². The Labute approximate surface area is 108 Å². The lowest BCUT2D eigenvalue weighted by molar-refractivity contribution is 0.660. The largest absolute Gasteiger partial charge is 0.375 e. The standard InChI is InChI=1S/C11H14BrN3S/c1-3-15-7-9(6-13-15)14-8(2)10-4-5-11(12)16-10/h4-8,14H,3H2,1-2H3. The number of aryl methyl sites for hydroxylation is 1. The molecule has 0 amide bonds. The van der Waals surface area contributed by atoms with Crippen molar-refractivity contribution >= 4 is 33.0 Å². The number of hydrogen-bond donors (Lipinski definition) is 1. The molecule has 2 aromatic heterocycles. The third-order valence-corrected chi connectivity index (χ3v) is 4.17. The normalized spacial score (nSPS) is 12.7. The molecule has 0 saturated carbocycles. The Morgan fingerprint density at radius 1 is 1.56 bits per heavy atom. The summed E-state index contributed by atoms with van der Waals surface area (Å²) < 4.78 is 3.08. The Morgan fingerprint density at radius 3 is 2.94 bits per heavy atom. The number of rotatable bonds is 4. The van der Waals surface area contributed by atoms with E-state index in [0.29, 0.717) is 6.04 Å². The topological polar surface area (TPSA) is 29.9 Å². The van der Waals surface area contributed by atoms with Crippen LogP contribution in [0, 0.1) is 0 Å². The lowest BCUT2D eigenvalue weighted by atomic mass is 10.3. The number of nitrogens with one attached hydrogen (secondary N) is 1. The minimum Gasteiger partial charge on any atom is -0.375 e. The lowest BCUT2D eigenvalue weighted by Crippen LogP contribution is -2.03. The van der Waals surface area contributed by atoms with Crippen molar-refractivity contribution in [3.63, 3.8) is 0 Å². The molecule has 0 radical (unpaired) electrons. The third-order valence-electron chi connectivity index (χ3n) is 2.36. The smallest absolute Gasteiger partial charge is 0.0731 e. The highest BCUT2D eigenvalue weighted by atomic mass is 79.9. The lowest BCUT2D eigenvalue weighted by Gasteiger charge is -2.11. The first-order valence-corrected chi connectivity index (χ1v) is 6.84. The van der Waals surface area contributed by atoms with Crippen molar-refractivity contribution in [3.8, 4) is 0 Å². The van der Waals surface area contributed by atoms with E-state index < -0.39 is 0 Å². The van der Waals surface area contributed by atoms with Crippen LogP contribution in [-0.2, 0) is 6.54 Å². The van der Waals surface area contributed by atoms with Gasteiger partial charge in [-0.15, -0.1) is 11.3 Å². The summed E-state index contributed by atoms with van der Waals surface area (Å²) in [6, 6.07) is 4.52. The molecule has 86 valence electrons. The molecule has 0 spiro atoms. The van der Waals surface area contributed by atoms with E-state index in [1.807, 2.05) is 17.1 Å². The van der Waals surface area contributed by atoms with Crippen LogP contribution >= 0.6 is 27.3 Å². The Kier molecular flexibility index (Phi) is 3.66. The Hall–Kier alpha value is -0.810. The first kappa shape index (κ1) is 11.7. The third kappa shape index (κ3) is 2.65. The van der Waals surface area contributed by atoms with Gasteiger partial charge in [0.2, 0.25) is 0 Å². The van der Waals surface area contributed by atoms with Crippen molar-refractivity contribution < 1.29 is 0 Å². The molecule has 0 aliphatic heterocycles. The van der Waals surface area contributed by atoms with Gasteiger partial charge in [0.15, 0.2) is 0 Å². The molecule has 16 heavy (non-hydrogen) atoms. The highest BCUT2D eigenvalue weighted by molar-refractivity contribution is 9.11.